The zero-order valence-electron chi connectivity index (χ0n) is 19.3. The maximum Gasteiger partial charge on any atom is 0.166 e. The highest BCUT2D eigenvalue weighted by molar-refractivity contribution is 7.97. The smallest absolute Gasteiger partial charge is 0.0619 e. The average molecular weight is 448 g/mol. The van der Waals surface area contributed by atoms with Gasteiger partial charge in [-0.25, -0.2) is 0 Å². The third-order valence-electron chi connectivity index (χ3n) is 7.94. The zero-order valence-corrected chi connectivity index (χ0v) is 20.2. The topological polar surface area (TPSA) is 0 Å². The number of hydrogen-bond acceptors (Lipinski definition) is 0. The maximum atomic E-state index is 2.58. The molecule has 4 aromatic carbocycles. The van der Waals surface area contributed by atoms with Crippen molar-refractivity contribution < 1.29 is 0 Å². The summed E-state index contributed by atoms with van der Waals surface area (Å²) in [5.41, 5.74) is 6.10. The summed E-state index contributed by atoms with van der Waals surface area (Å²) in [6.45, 7) is 2.54. The minimum Gasteiger partial charge on any atom is -0.0619 e. The fraction of sp³-hybridized carbons (Fsp3) is 0.250. The lowest BCUT2D eigenvalue weighted by Crippen LogP contribution is -2.33. The Morgan fingerprint density at radius 3 is 1.82 bits per heavy atom. The van der Waals surface area contributed by atoms with Crippen LogP contribution in [-0.4, -0.2) is 0 Å². The van der Waals surface area contributed by atoms with Crippen LogP contribution in [0.1, 0.15) is 50.2 Å². The van der Waals surface area contributed by atoms with E-state index in [0.717, 1.165) is 5.92 Å². The summed E-state index contributed by atoms with van der Waals surface area (Å²) in [4.78, 5) is 4.21. The summed E-state index contributed by atoms with van der Waals surface area (Å²) >= 11 is 0. The lowest BCUT2D eigenvalue weighted by Gasteiger charge is -2.39. The minimum atomic E-state index is -0.110. The van der Waals surface area contributed by atoms with Crippen LogP contribution in [0.15, 0.2) is 118 Å². The van der Waals surface area contributed by atoms with Gasteiger partial charge in [0.25, 0.3) is 0 Å². The Morgan fingerprint density at radius 2 is 1.15 bits per heavy atom. The molecule has 0 nitrogen and oxygen atoms in total. The van der Waals surface area contributed by atoms with Crippen molar-refractivity contribution in [3.05, 3.63) is 114 Å². The molecule has 164 valence electrons. The molecule has 1 atom stereocenters. The molecule has 1 heteroatoms. The zero-order chi connectivity index (χ0) is 22.3. The molecule has 1 saturated carbocycles. The van der Waals surface area contributed by atoms with Gasteiger partial charge in [0.2, 0.25) is 0 Å². The van der Waals surface area contributed by atoms with Crippen molar-refractivity contribution in [2.45, 2.75) is 59.1 Å². The largest absolute Gasteiger partial charge is 0.166 e. The Hall–Kier alpha value is -2.77. The molecule has 33 heavy (non-hydrogen) atoms. The van der Waals surface area contributed by atoms with E-state index in [0.29, 0.717) is 0 Å². The van der Waals surface area contributed by atoms with Crippen molar-refractivity contribution in [2.24, 2.45) is 5.92 Å². The van der Waals surface area contributed by atoms with Gasteiger partial charge in [0.1, 0.15) is 0 Å². The Bertz CT molecular complexity index is 1210. The standard InChI is InChI=1S/C32H31S/c1-32(24-13-5-2-6-14-24)30-20-12-11-19-28(30)29-22-21-27(23-31(29)32)33(25-15-7-3-8-16-25)26-17-9-4-10-18-26/h3-4,7-12,15-24H,2,5-6,13-14H2,1H3/q+1. The molecule has 0 aromatic heterocycles. The van der Waals surface area contributed by atoms with Crippen molar-refractivity contribution in [3.8, 4) is 11.1 Å². The summed E-state index contributed by atoms with van der Waals surface area (Å²) in [7, 11) is -0.110. The molecule has 0 spiro atoms. The second-order valence-electron chi connectivity index (χ2n) is 9.72. The SMILES string of the molecule is CC1(C2CCCCC2)c2ccccc2-c2ccc([S+](c3ccccc3)c3ccccc3)cc21. The molecule has 0 aliphatic heterocycles. The van der Waals surface area contributed by atoms with E-state index in [1.807, 2.05) is 0 Å². The molecule has 0 N–H and O–H groups in total. The fourth-order valence-corrected chi connectivity index (χ4v) is 8.39. The first-order chi connectivity index (χ1) is 16.3. The Morgan fingerprint density at radius 1 is 0.576 bits per heavy atom. The summed E-state index contributed by atoms with van der Waals surface area (Å²) in [6.07, 6.45) is 6.83. The average Bonchev–Trinajstić information content (AvgIpc) is 3.15. The van der Waals surface area contributed by atoms with Crippen LogP contribution in [0.2, 0.25) is 0 Å². The van der Waals surface area contributed by atoms with Gasteiger partial charge >= 0.3 is 0 Å². The first kappa shape index (κ1) is 20.8. The van der Waals surface area contributed by atoms with Crippen molar-refractivity contribution in [3.63, 3.8) is 0 Å². The van der Waals surface area contributed by atoms with E-state index in [-0.39, 0.29) is 16.3 Å². The molecular formula is C32H31S+. The van der Waals surface area contributed by atoms with Gasteiger partial charge in [0.15, 0.2) is 14.7 Å². The van der Waals surface area contributed by atoms with Gasteiger partial charge < -0.3 is 0 Å². The first-order valence-corrected chi connectivity index (χ1v) is 13.6. The van der Waals surface area contributed by atoms with Crippen LogP contribution in [0.3, 0.4) is 0 Å². The van der Waals surface area contributed by atoms with Crippen LogP contribution in [-0.2, 0) is 16.3 Å². The Kier molecular flexibility index (Phi) is 5.38. The highest BCUT2D eigenvalue weighted by Crippen LogP contribution is 2.56. The molecular weight excluding hydrogens is 416 g/mol. The lowest BCUT2D eigenvalue weighted by molar-refractivity contribution is 0.258. The van der Waals surface area contributed by atoms with Gasteiger partial charge in [-0.1, -0.05) is 86.8 Å². The summed E-state index contributed by atoms with van der Waals surface area (Å²) in [5, 5.41) is 0. The minimum absolute atomic E-state index is 0.102. The van der Waals surface area contributed by atoms with Crippen LogP contribution in [0.5, 0.6) is 0 Å². The van der Waals surface area contributed by atoms with Crippen LogP contribution in [0.25, 0.3) is 11.1 Å². The highest BCUT2D eigenvalue weighted by atomic mass is 32.2. The van der Waals surface area contributed by atoms with Gasteiger partial charge in [-0.3, -0.25) is 0 Å². The van der Waals surface area contributed by atoms with Crippen molar-refractivity contribution in [1.82, 2.24) is 0 Å². The molecule has 6 rings (SSSR count). The normalized spacial score (nSPS) is 19.9. The number of hydrogen-bond donors (Lipinski definition) is 0. The summed E-state index contributed by atoms with van der Waals surface area (Å²) in [6, 6.07) is 38.7. The Labute approximate surface area is 201 Å². The number of fused-ring (bicyclic) bond motifs is 3. The predicted molar refractivity (Wildman–Crippen MR) is 140 cm³/mol. The summed E-state index contributed by atoms with van der Waals surface area (Å²) in [5.74, 6) is 0.721. The van der Waals surface area contributed by atoms with E-state index in [4.69, 9.17) is 0 Å². The lowest BCUT2D eigenvalue weighted by atomic mass is 9.65. The van der Waals surface area contributed by atoms with E-state index < -0.39 is 0 Å². The van der Waals surface area contributed by atoms with Gasteiger partial charge in [-0.15, -0.1) is 0 Å². The number of benzene rings is 4. The van der Waals surface area contributed by atoms with Crippen molar-refractivity contribution in [2.75, 3.05) is 0 Å². The molecule has 4 aromatic rings. The second kappa shape index (κ2) is 8.54. The molecule has 0 radical (unpaired) electrons. The third-order valence-corrected chi connectivity index (χ3v) is 10.2. The molecule has 1 fully saturated rings. The van der Waals surface area contributed by atoms with Gasteiger partial charge in [-0.05, 0) is 83.5 Å². The highest BCUT2D eigenvalue weighted by Gasteiger charge is 2.46. The van der Waals surface area contributed by atoms with Crippen LogP contribution >= 0.6 is 0 Å². The molecule has 0 amide bonds. The van der Waals surface area contributed by atoms with Crippen molar-refractivity contribution >= 4 is 10.9 Å². The number of rotatable bonds is 4. The van der Waals surface area contributed by atoms with Gasteiger partial charge in [-0.2, -0.15) is 0 Å². The molecule has 0 saturated heterocycles. The molecule has 2 aliphatic carbocycles. The first-order valence-electron chi connectivity index (χ1n) is 12.4. The summed E-state index contributed by atoms with van der Waals surface area (Å²) < 4.78 is 0. The van der Waals surface area contributed by atoms with Gasteiger partial charge in [0.05, 0.1) is 10.9 Å². The Balaban J connectivity index is 1.54. The molecule has 2 aliphatic rings. The van der Waals surface area contributed by atoms with E-state index in [1.165, 1.54) is 57.9 Å². The maximum absolute atomic E-state index is 2.58. The monoisotopic (exact) mass is 447 g/mol. The van der Waals surface area contributed by atoms with Gasteiger partial charge in [0, 0.05) is 5.41 Å². The van der Waals surface area contributed by atoms with E-state index in [2.05, 4.69) is 110 Å². The van der Waals surface area contributed by atoms with E-state index >= 15 is 0 Å². The van der Waals surface area contributed by atoms with Crippen LogP contribution in [0.4, 0.5) is 0 Å². The third kappa shape index (κ3) is 3.45. The van der Waals surface area contributed by atoms with Crippen LogP contribution in [0, 0.1) is 5.92 Å². The van der Waals surface area contributed by atoms with Crippen LogP contribution < -0.4 is 0 Å². The van der Waals surface area contributed by atoms with Crippen molar-refractivity contribution in [1.29, 1.82) is 0 Å². The quantitative estimate of drug-likeness (QED) is 0.275. The molecule has 0 heterocycles. The molecule has 0 bridgehead atoms. The van der Waals surface area contributed by atoms with E-state index in [1.54, 1.807) is 11.1 Å². The second-order valence-corrected chi connectivity index (χ2v) is 11.7. The predicted octanol–water partition coefficient (Wildman–Crippen LogP) is 8.65. The van der Waals surface area contributed by atoms with E-state index in [9.17, 15) is 0 Å². The fourth-order valence-electron chi connectivity index (χ4n) is 6.27. The molecule has 1 unspecified atom stereocenters.